The van der Waals surface area contributed by atoms with Crippen molar-refractivity contribution >= 4 is 34.6 Å². The molecule has 0 heterocycles. The van der Waals surface area contributed by atoms with Crippen LogP contribution in [0.4, 0.5) is 14.5 Å². The first-order valence-electron chi connectivity index (χ1n) is 3.21. The molecule has 0 aromatic heterocycles. The van der Waals surface area contributed by atoms with E-state index in [0.717, 1.165) is 12.1 Å². The molecule has 6 heteroatoms. The SMILES string of the molecule is NC(=S)Nc1c(F)cc(Cl)cc1F. The summed E-state index contributed by atoms with van der Waals surface area (Å²) in [5.74, 6) is -1.67. The number of thiocarbonyl (C=S) groups is 1. The van der Waals surface area contributed by atoms with E-state index >= 15 is 0 Å². The van der Waals surface area contributed by atoms with Gasteiger partial charge in [0.1, 0.15) is 5.69 Å². The minimum absolute atomic E-state index is 0.0245. The van der Waals surface area contributed by atoms with Crippen LogP contribution in [0.1, 0.15) is 0 Å². The van der Waals surface area contributed by atoms with Crippen LogP contribution in [0.15, 0.2) is 12.1 Å². The summed E-state index contributed by atoms with van der Waals surface area (Å²) in [6.45, 7) is 0. The fourth-order valence-electron chi connectivity index (χ4n) is 0.785. The molecule has 0 spiro atoms. The van der Waals surface area contributed by atoms with Gasteiger partial charge in [0, 0.05) is 5.02 Å². The third-order valence-electron chi connectivity index (χ3n) is 1.26. The summed E-state index contributed by atoms with van der Waals surface area (Å²) >= 11 is 9.82. The van der Waals surface area contributed by atoms with Crippen molar-refractivity contribution in [3.05, 3.63) is 28.8 Å². The van der Waals surface area contributed by atoms with E-state index < -0.39 is 17.3 Å². The van der Waals surface area contributed by atoms with Gasteiger partial charge in [-0.15, -0.1) is 0 Å². The number of hydrogen-bond acceptors (Lipinski definition) is 1. The highest BCUT2D eigenvalue weighted by atomic mass is 35.5. The summed E-state index contributed by atoms with van der Waals surface area (Å²) in [6, 6.07) is 1.93. The molecule has 0 atom stereocenters. The van der Waals surface area contributed by atoms with Crippen LogP contribution >= 0.6 is 23.8 Å². The molecule has 1 aromatic rings. The zero-order valence-electron chi connectivity index (χ0n) is 6.27. The van der Waals surface area contributed by atoms with Gasteiger partial charge in [0.15, 0.2) is 16.7 Å². The van der Waals surface area contributed by atoms with Crippen LogP contribution in [-0.2, 0) is 0 Å². The molecule has 0 fully saturated rings. The average molecular weight is 223 g/mol. The molecule has 70 valence electrons. The van der Waals surface area contributed by atoms with Gasteiger partial charge in [-0.3, -0.25) is 0 Å². The highest BCUT2D eigenvalue weighted by molar-refractivity contribution is 7.80. The molecule has 1 rings (SSSR count). The van der Waals surface area contributed by atoms with E-state index in [1.165, 1.54) is 0 Å². The molecule has 0 aliphatic carbocycles. The fraction of sp³-hybridized carbons (Fsp3) is 0. The Hall–Kier alpha value is -0.940. The Bertz CT molecular complexity index is 333. The Kier molecular flexibility index (Phi) is 3.00. The number of rotatable bonds is 1. The summed E-state index contributed by atoms with van der Waals surface area (Å²) in [6.07, 6.45) is 0. The summed E-state index contributed by atoms with van der Waals surface area (Å²) in [4.78, 5) is 0. The van der Waals surface area contributed by atoms with Gasteiger partial charge in [-0.25, -0.2) is 8.78 Å². The van der Waals surface area contributed by atoms with E-state index in [-0.39, 0.29) is 10.1 Å². The Morgan fingerprint density at radius 3 is 2.23 bits per heavy atom. The lowest BCUT2D eigenvalue weighted by molar-refractivity contribution is 0.591. The largest absolute Gasteiger partial charge is 0.376 e. The molecule has 13 heavy (non-hydrogen) atoms. The van der Waals surface area contributed by atoms with Gasteiger partial charge in [0.25, 0.3) is 0 Å². The minimum atomic E-state index is -0.835. The lowest BCUT2D eigenvalue weighted by Crippen LogP contribution is -2.20. The topological polar surface area (TPSA) is 38.0 Å². The van der Waals surface area contributed by atoms with Gasteiger partial charge >= 0.3 is 0 Å². The lowest BCUT2D eigenvalue weighted by atomic mass is 10.3. The maximum Gasteiger partial charge on any atom is 0.168 e. The molecule has 0 bridgehead atoms. The number of anilines is 1. The van der Waals surface area contributed by atoms with Gasteiger partial charge in [-0.2, -0.15) is 0 Å². The summed E-state index contributed by atoms with van der Waals surface area (Å²) in [5, 5.41) is 1.94. The molecule has 0 aliphatic rings. The second-order valence-corrected chi connectivity index (χ2v) is 3.11. The highest BCUT2D eigenvalue weighted by Gasteiger charge is 2.10. The number of nitrogens with one attached hydrogen (secondary N) is 1. The third-order valence-corrected chi connectivity index (χ3v) is 1.58. The molecule has 0 amide bonds. The molecule has 0 saturated carbocycles. The number of benzene rings is 1. The van der Waals surface area contributed by atoms with Crippen LogP contribution in [0.2, 0.25) is 5.02 Å². The lowest BCUT2D eigenvalue weighted by Gasteiger charge is -2.06. The van der Waals surface area contributed by atoms with E-state index in [1.54, 1.807) is 0 Å². The molecule has 0 radical (unpaired) electrons. The van der Waals surface area contributed by atoms with Gasteiger partial charge in [0.2, 0.25) is 0 Å². The van der Waals surface area contributed by atoms with Crippen molar-refractivity contribution in [3.63, 3.8) is 0 Å². The van der Waals surface area contributed by atoms with Crippen LogP contribution in [0.3, 0.4) is 0 Å². The van der Waals surface area contributed by atoms with Crippen molar-refractivity contribution in [1.29, 1.82) is 0 Å². The second kappa shape index (κ2) is 3.85. The second-order valence-electron chi connectivity index (χ2n) is 2.23. The first-order valence-corrected chi connectivity index (χ1v) is 4.00. The van der Waals surface area contributed by atoms with Crippen molar-refractivity contribution in [2.75, 3.05) is 5.32 Å². The first-order chi connectivity index (χ1) is 6.00. The summed E-state index contributed by atoms with van der Waals surface area (Å²) < 4.78 is 25.9. The molecule has 0 aliphatic heterocycles. The molecular formula is C7H5ClF2N2S. The molecular weight excluding hydrogens is 218 g/mol. The Labute approximate surface area is 83.7 Å². The molecule has 1 aromatic carbocycles. The van der Waals surface area contributed by atoms with Crippen molar-refractivity contribution in [2.24, 2.45) is 5.73 Å². The van der Waals surface area contributed by atoms with Crippen LogP contribution < -0.4 is 11.1 Å². The zero-order valence-corrected chi connectivity index (χ0v) is 7.85. The van der Waals surface area contributed by atoms with Gasteiger partial charge in [0.05, 0.1) is 0 Å². The van der Waals surface area contributed by atoms with Crippen LogP contribution in [-0.4, -0.2) is 5.11 Å². The minimum Gasteiger partial charge on any atom is -0.376 e. The molecule has 3 N–H and O–H groups in total. The standard InChI is InChI=1S/C7H5ClF2N2S/c8-3-1-4(9)6(5(10)2-3)12-7(11)13/h1-2H,(H3,11,12,13). The van der Waals surface area contributed by atoms with Gasteiger partial charge in [-0.1, -0.05) is 11.6 Å². The van der Waals surface area contributed by atoms with Crippen LogP contribution in [0.5, 0.6) is 0 Å². The van der Waals surface area contributed by atoms with E-state index in [1.807, 2.05) is 0 Å². The predicted octanol–water partition coefficient (Wildman–Crippen LogP) is 2.27. The average Bonchev–Trinajstić information content (AvgIpc) is 1.96. The molecule has 0 unspecified atom stereocenters. The summed E-state index contributed by atoms with van der Waals surface area (Å²) in [7, 11) is 0. The quantitative estimate of drug-likeness (QED) is 0.716. The zero-order chi connectivity index (χ0) is 10.0. The van der Waals surface area contributed by atoms with Crippen molar-refractivity contribution in [1.82, 2.24) is 0 Å². The summed E-state index contributed by atoms with van der Waals surface area (Å²) in [5.41, 5.74) is 4.66. The number of hydrogen-bond donors (Lipinski definition) is 2. The molecule has 2 nitrogen and oxygen atoms in total. The van der Waals surface area contributed by atoms with E-state index in [2.05, 4.69) is 17.5 Å². The maximum absolute atomic E-state index is 13.0. The van der Waals surface area contributed by atoms with Crippen molar-refractivity contribution in [2.45, 2.75) is 0 Å². The Morgan fingerprint density at radius 2 is 1.85 bits per heavy atom. The first kappa shape index (κ1) is 10.1. The number of halogens is 3. The van der Waals surface area contributed by atoms with E-state index in [9.17, 15) is 8.78 Å². The maximum atomic E-state index is 13.0. The Balaban J connectivity index is 3.13. The van der Waals surface area contributed by atoms with Crippen LogP contribution in [0.25, 0.3) is 0 Å². The van der Waals surface area contributed by atoms with Crippen LogP contribution in [0, 0.1) is 11.6 Å². The van der Waals surface area contributed by atoms with Crippen molar-refractivity contribution < 1.29 is 8.78 Å². The van der Waals surface area contributed by atoms with Gasteiger partial charge < -0.3 is 11.1 Å². The van der Waals surface area contributed by atoms with Crippen molar-refractivity contribution in [3.8, 4) is 0 Å². The van der Waals surface area contributed by atoms with Gasteiger partial charge in [-0.05, 0) is 24.4 Å². The predicted molar refractivity (Wildman–Crippen MR) is 51.8 cm³/mol. The third kappa shape index (κ3) is 2.50. The monoisotopic (exact) mass is 222 g/mol. The van der Waals surface area contributed by atoms with E-state index in [4.69, 9.17) is 17.3 Å². The number of nitrogens with two attached hydrogens (primary N) is 1. The highest BCUT2D eigenvalue weighted by Crippen LogP contribution is 2.22. The fourth-order valence-corrected chi connectivity index (χ4v) is 1.08. The van der Waals surface area contributed by atoms with E-state index in [0.29, 0.717) is 0 Å². The molecule has 0 saturated heterocycles. The smallest absolute Gasteiger partial charge is 0.168 e. The Morgan fingerprint density at radius 1 is 1.38 bits per heavy atom. The normalized spacial score (nSPS) is 9.77.